The van der Waals surface area contributed by atoms with Crippen LogP contribution in [0, 0.1) is 0 Å². The van der Waals surface area contributed by atoms with Gasteiger partial charge in [-0.3, -0.25) is 0 Å². The fourth-order valence-electron chi connectivity index (χ4n) is 2.41. The van der Waals surface area contributed by atoms with Gasteiger partial charge in [-0.25, -0.2) is 4.79 Å². The van der Waals surface area contributed by atoms with E-state index in [0.717, 1.165) is 36.4 Å². The van der Waals surface area contributed by atoms with Crippen molar-refractivity contribution in [2.45, 2.75) is 18.9 Å². The number of urea groups is 1. The third-order valence-corrected chi connectivity index (χ3v) is 4.14. The van der Waals surface area contributed by atoms with Crippen molar-refractivity contribution in [2.24, 2.45) is 0 Å². The zero-order valence-corrected chi connectivity index (χ0v) is 13.2. The Kier molecular flexibility index (Phi) is 4.65. The Morgan fingerprint density at radius 1 is 1.45 bits per heavy atom. The zero-order valence-electron chi connectivity index (χ0n) is 12.4. The molecule has 2 aromatic rings. The standard InChI is InChI=1S/C15H18N4O2S/c1-19(9-13-3-2-8-21-13)15(20)16-12-6-4-11(5-7-12)14-10-22-18-17-14/h4-7,10,13H,2-3,8-9H2,1H3,(H,16,20)/t13-/m1/s1. The predicted octanol–water partition coefficient (Wildman–Crippen LogP) is 2.85. The molecule has 0 unspecified atom stereocenters. The molecular weight excluding hydrogens is 300 g/mol. The average molecular weight is 318 g/mol. The maximum atomic E-state index is 12.2. The van der Waals surface area contributed by atoms with Gasteiger partial charge in [-0.1, -0.05) is 16.6 Å². The van der Waals surface area contributed by atoms with E-state index >= 15 is 0 Å². The smallest absolute Gasteiger partial charge is 0.321 e. The average Bonchev–Trinajstić information content (AvgIpc) is 3.21. The van der Waals surface area contributed by atoms with Crippen LogP contribution in [0.2, 0.25) is 0 Å². The van der Waals surface area contributed by atoms with Gasteiger partial charge in [-0.15, -0.1) is 5.10 Å². The van der Waals surface area contributed by atoms with Gasteiger partial charge in [0.15, 0.2) is 0 Å². The number of hydrogen-bond acceptors (Lipinski definition) is 5. The minimum absolute atomic E-state index is 0.126. The monoisotopic (exact) mass is 318 g/mol. The Morgan fingerprint density at radius 3 is 2.91 bits per heavy atom. The molecule has 1 fully saturated rings. The number of likely N-dealkylation sites (N-methyl/N-ethyl adjacent to an activating group) is 1. The Balaban J connectivity index is 1.56. The lowest BCUT2D eigenvalue weighted by Gasteiger charge is -2.21. The van der Waals surface area contributed by atoms with Gasteiger partial charge in [0.1, 0.15) is 5.69 Å². The van der Waals surface area contributed by atoms with Crippen molar-refractivity contribution in [1.82, 2.24) is 14.5 Å². The summed E-state index contributed by atoms with van der Waals surface area (Å²) in [5, 5.41) is 8.80. The van der Waals surface area contributed by atoms with Crippen molar-refractivity contribution in [1.29, 1.82) is 0 Å². The lowest BCUT2D eigenvalue weighted by molar-refractivity contribution is 0.0894. The highest BCUT2D eigenvalue weighted by atomic mass is 32.1. The van der Waals surface area contributed by atoms with Crippen LogP contribution in [0.15, 0.2) is 29.6 Å². The molecule has 1 atom stereocenters. The molecule has 22 heavy (non-hydrogen) atoms. The fourth-order valence-corrected chi connectivity index (χ4v) is 2.88. The van der Waals surface area contributed by atoms with Crippen LogP contribution in [-0.4, -0.2) is 46.8 Å². The second kappa shape index (κ2) is 6.85. The zero-order chi connectivity index (χ0) is 15.4. The van der Waals surface area contributed by atoms with E-state index < -0.39 is 0 Å². The largest absolute Gasteiger partial charge is 0.376 e. The molecule has 116 valence electrons. The Bertz CT molecular complexity index is 609. The summed E-state index contributed by atoms with van der Waals surface area (Å²) in [6.07, 6.45) is 2.26. The number of nitrogens with zero attached hydrogens (tertiary/aromatic N) is 3. The van der Waals surface area contributed by atoms with Crippen molar-refractivity contribution < 1.29 is 9.53 Å². The molecule has 2 amide bonds. The number of hydrogen-bond donors (Lipinski definition) is 1. The SMILES string of the molecule is CN(C[C@H]1CCCO1)C(=O)Nc1ccc(-c2csnn2)cc1. The van der Waals surface area contributed by atoms with Gasteiger partial charge < -0.3 is 15.0 Å². The van der Waals surface area contributed by atoms with Crippen molar-refractivity contribution >= 4 is 23.3 Å². The van der Waals surface area contributed by atoms with Gasteiger partial charge in [0.05, 0.1) is 6.10 Å². The lowest BCUT2D eigenvalue weighted by atomic mass is 10.1. The van der Waals surface area contributed by atoms with Crippen LogP contribution in [-0.2, 0) is 4.74 Å². The van der Waals surface area contributed by atoms with E-state index in [1.165, 1.54) is 11.5 Å². The van der Waals surface area contributed by atoms with Crippen LogP contribution >= 0.6 is 11.5 Å². The van der Waals surface area contributed by atoms with E-state index in [2.05, 4.69) is 14.9 Å². The number of rotatable bonds is 4. The van der Waals surface area contributed by atoms with Crippen LogP contribution in [0.25, 0.3) is 11.3 Å². The Hall–Kier alpha value is -1.99. The second-order valence-electron chi connectivity index (χ2n) is 5.31. The molecule has 1 aromatic carbocycles. The first-order valence-electron chi connectivity index (χ1n) is 7.23. The Morgan fingerprint density at radius 2 is 2.27 bits per heavy atom. The molecular formula is C15H18N4O2S. The highest BCUT2D eigenvalue weighted by molar-refractivity contribution is 7.03. The van der Waals surface area contributed by atoms with Gasteiger partial charge in [-0.05, 0) is 36.5 Å². The quantitative estimate of drug-likeness (QED) is 0.941. The number of carbonyl (C=O) groups excluding carboxylic acids is 1. The van der Waals surface area contributed by atoms with Crippen LogP contribution in [0.4, 0.5) is 10.5 Å². The number of benzene rings is 1. The summed E-state index contributed by atoms with van der Waals surface area (Å²) in [5.41, 5.74) is 2.59. The lowest BCUT2D eigenvalue weighted by Crippen LogP contribution is -2.37. The summed E-state index contributed by atoms with van der Waals surface area (Å²) in [4.78, 5) is 13.8. The maximum Gasteiger partial charge on any atom is 0.321 e. The van der Waals surface area contributed by atoms with E-state index in [4.69, 9.17) is 4.74 Å². The number of nitrogens with one attached hydrogen (secondary N) is 1. The summed E-state index contributed by atoms with van der Waals surface area (Å²) in [6, 6.07) is 7.45. The van der Waals surface area contributed by atoms with E-state index in [1.807, 2.05) is 29.6 Å². The van der Waals surface area contributed by atoms with Gasteiger partial charge in [0.2, 0.25) is 0 Å². The van der Waals surface area contributed by atoms with Crippen LogP contribution < -0.4 is 5.32 Å². The number of aromatic nitrogens is 2. The van der Waals surface area contributed by atoms with Gasteiger partial charge in [-0.2, -0.15) is 0 Å². The normalized spacial score (nSPS) is 17.4. The third-order valence-electron chi connectivity index (χ3n) is 3.64. The van der Waals surface area contributed by atoms with Crippen molar-refractivity contribution in [3.63, 3.8) is 0 Å². The summed E-state index contributed by atoms with van der Waals surface area (Å²) in [5.74, 6) is 0. The Labute approximate surface area is 133 Å². The van der Waals surface area contributed by atoms with Gasteiger partial charge >= 0.3 is 6.03 Å². The molecule has 7 heteroatoms. The van der Waals surface area contributed by atoms with Gasteiger partial charge in [0, 0.05) is 36.8 Å². The second-order valence-corrected chi connectivity index (χ2v) is 5.92. The highest BCUT2D eigenvalue weighted by Crippen LogP contribution is 2.20. The van der Waals surface area contributed by atoms with E-state index in [-0.39, 0.29) is 12.1 Å². The first-order valence-corrected chi connectivity index (χ1v) is 8.07. The van der Waals surface area contributed by atoms with Crippen molar-refractivity contribution in [3.05, 3.63) is 29.6 Å². The number of anilines is 1. The maximum absolute atomic E-state index is 12.2. The minimum atomic E-state index is -0.126. The van der Waals surface area contributed by atoms with Crippen LogP contribution in [0.3, 0.4) is 0 Å². The molecule has 0 saturated carbocycles. The molecule has 1 saturated heterocycles. The van der Waals surface area contributed by atoms with E-state index in [1.54, 1.807) is 11.9 Å². The van der Waals surface area contributed by atoms with Crippen molar-refractivity contribution in [2.75, 3.05) is 25.5 Å². The molecule has 0 bridgehead atoms. The minimum Gasteiger partial charge on any atom is -0.376 e. The van der Waals surface area contributed by atoms with Crippen LogP contribution in [0.1, 0.15) is 12.8 Å². The summed E-state index contributed by atoms with van der Waals surface area (Å²) in [6.45, 7) is 1.42. The topological polar surface area (TPSA) is 67.3 Å². The number of ether oxygens (including phenoxy) is 1. The highest BCUT2D eigenvalue weighted by Gasteiger charge is 2.20. The molecule has 0 spiro atoms. The first-order chi connectivity index (χ1) is 10.7. The molecule has 6 nitrogen and oxygen atoms in total. The summed E-state index contributed by atoms with van der Waals surface area (Å²) < 4.78 is 9.39. The third kappa shape index (κ3) is 3.61. The molecule has 1 aromatic heterocycles. The van der Waals surface area contributed by atoms with E-state index in [9.17, 15) is 4.79 Å². The van der Waals surface area contributed by atoms with Gasteiger partial charge in [0.25, 0.3) is 0 Å². The molecule has 1 aliphatic rings. The summed E-state index contributed by atoms with van der Waals surface area (Å²) >= 11 is 1.32. The first kappa shape index (κ1) is 14.9. The molecule has 1 N–H and O–H groups in total. The molecule has 2 heterocycles. The number of amides is 2. The number of carbonyl (C=O) groups is 1. The predicted molar refractivity (Wildman–Crippen MR) is 86.0 cm³/mol. The molecule has 1 aliphatic heterocycles. The van der Waals surface area contributed by atoms with Crippen LogP contribution in [0.5, 0.6) is 0 Å². The fraction of sp³-hybridized carbons (Fsp3) is 0.400. The molecule has 0 aliphatic carbocycles. The molecule has 0 radical (unpaired) electrons. The van der Waals surface area contributed by atoms with Crippen molar-refractivity contribution in [3.8, 4) is 11.3 Å². The summed E-state index contributed by atoms with van der Waals surface area (Å²) in [7, 11) is 1.78. The van der Waals surface area contributed by atoms with E-state index in [0.29, 0.717) is 6.54 Å². The molecule has 3 rings (SSSR count).